The van der Waals surface area contributed by atoms with Crippen molar-refractivity contribution in [2.75, 3.05) is 49.6 Å². The highest BCUT2D eigenvalue weighted by Crippen LogP contribution is 2.15. The molecule has 0 saturated carbocycles. The molecule has 0 amide bonds. The minimum atomic E-state index is -2.90. The zero-order valence-corrected chi connectivity index (χ0v) is 11.7. The summed E-state index contributed by atoms with van der Waals surface area (Å²) in [6, 6.07) is 3.07. The summed E-state index contributed by atoms with van der Waals surface area (Å²) < 4.78 is 35.0. The molecule has 0 aliphatic carbocycles. The van der Waals surface area contributed by atoms with Crippen LogP contribution in [0.25, 0.3) is 0 Å². The van der Waals surface area contributed by atoms with Gasteiger partial charge in [-0.3, -0.25) is 4.90 Å². The molecule has 0 spiro atoms. The summed E-state index contributed by atoms with van der Waals surface area (Å²) >= 11 is 0. The Morgan fingerprint density at radius 1 is 1.26 bits per heavy atom. The van der Waals surface area contributed by atoms with E-state index in [0.29, 0.717) is 6.54 Å². The Morgan fingerprint density at radius 2 is 1.95 bits per heavy atom. The van der Waals surface area contributed by atoms with E-state index in [9.17, 15) is 12.8 Å². The van der Waals surface area contributed by atoms with Crippen LogP contribution in [0.1, 0.15) is 0 Å². The Bertz CT molecular complexity index is 510. The van der Waals surface area contributed by atoms with Gasteiger partial charge in [0.05, 0.1) is 17.6 Å². The quantitative estimate of drug-likeness (QED) is 0.750. The molecule has 0 bridgehead atoms. The van der Waals surface area contributed by atoms with Crippen LogP contribution in [-0.2, 0) is 9.84 Å². The first-order valence-corrected chi connectivity index (χ1v) is 8.27. The van der Waals surface area contributed by atoms with Crippen LogP contribution in [0.15, 0.2) is 18.3 Å². The minimum absolute atomic E-state index is 0.200. The van der Waals surface area contributed by atoms with Crippen LogP contribution in [0.5, 0.6) is 0 Å². The van der Waals surface area contributed by atoms with E-state index in [1.807, 2.05) is 0 Å². The molecule has 106 valence electrons. The first-order valence-electron chi connectivity index (χ1n) is 6.21. The van der Waals surface area contributed by atoms with Gasteiger partial charge in [-0.25, -0.2) is 13.4 Å². The van der Waals surface area contributed by atoms with Gasteiger partial charge >= 0.3 is 0 Å². The van der Waals surface area contributed by atoms with Crippen molar-refractivity contribution in [1.82, 2.24) is 9.88 Å². The lowest BCUT2D eigenvalue weighted by Gasteiger charge is -2.35. The zero-order valence-electron chi connectivity index (χ0n) is 10.9. The average molecular weight is 287 g/mol. The number of halogens is 1. The van der Waals surface area contributed by atoms with Crippen LogP contribution in [0.4, 0.5) is 10.1 Å². The van der Waals surface area contributed by atoms with Crippen molar-refractivity contribution in [2.45, 2.75) is 0 Å². The molecule has 0 atom stereocenters. The molecular formula is C12H18FN3O2S. The van der Waals surface area contributed by atoms with Crippen LogP contribution in [0.3, 0.4) is 0 Å². The van der Waals surface area contributed by atoms with Crippen LogP contribution >= 0.6 is 0 Å². The molecule has 2 heterocycles. The molecule has 0 unspecified atom stereocenters. The number of aromatic nitrogens is 1. The van der Waals surface area contributed by atoms with E-state index in [2.05, 4.69) is 14.8 Å². The number of nitrogens with zero attached hydrogens (tertiary/aromatic N) is 3. The predicted octanol–water partition coefficient (Wildman–Crippen LogP) is 0.387. The first kappa shape index (κ1) is 14.2. The number of piperazine rings is 1. The Kier molecular flexibility index (Phi) is 4.36. The minimum Gasteiger partial charge on any atom is -0.368 e. The first-order chi connectivity index (χ1) is 8.94. The second kappa shape index (κ2) is 5.83. The van der Waals surface area contributed by atoms with Crippen LogP contribution in [-0.4, -0.2) is 63.0 Å². The molecule has 1 aromatic heterocycles. The van der Waals surface area contributed by atoms with Gasteiger partial charge in [-0.2, -0.15) is 4.39 Å². The largest absolute Gasteiger partial charge is 0.368 e. The van der Waals surface area contributed by atoms with Crippen molar-refractivity contribution in [1.29, 1.82) is 0 Å². The molecule has 1 aromatic rings. The lowest BCUT2D eigenvalue weighted by Crippen LogP contribution is -2.47. The highest BCUT2D eigenvalue weighted by Gasteiger charge is 2.18. The standard InChI is InChI=1S/C12H18FN3O2S/c1-19(17,18)9-8-15-4-6-16(7-5-15)11-2-3-12(13)14-10-11/h2-3,10H,4-9H2,1H3. The topological polar surface area (TPSA) is 53.5 Å². The van der Waals surface area contributed by atoms with Crippen molar-refractivity contribution < 1.29 is 12.8 Å². The molecular weight excluding hydrogens is 269 g/mol. The Morgan fingerprint density at radius 3 is 2.47 bits per heavy atom. The van der Waals surface area contributed by atoms with E-state index >= 15 is 0 Å². The van der Waals surface area contributed by atoms with E-state index in [4.69, 9.17) is 0 Å². The lowest BCUT2D eigenvalue weighted by atomic mass is 10.3. The lowest BCUT2D eigenvalue weighted by molar-refractivity contribution is 0.272. The molecule has 0 radical (unpaired) electrons. The number of hydrogen-bond donors (Lipinski definition) is 0. The van der Waals surface area contributed by atoms with Crippen LogP contribution < -0.4 is 4.90 Å². The molecule has 1 aliphatic heterocycles. The summed E-state index contributed by atoms with van der Waals surface area (Å²) in [6.07, 6.45) is 2.79. The molecule has 7 heteroatoms. The fraction of sp³-hybridized carbons (Fsp3) is 0.583. The van der Waals surface area contributed by atoms with E-state index < -0.39 is 15.8 Å². The fourth-order valence-corrected chi connectivity index (χ4v) is 2.67. The summed E-state index contributed by atoms with van der Waals surface area (Å²) in [4.78, 5) is 7.90. The van der Waals surface area contributed by atoms with Crippen molar-refractivity contribution >= 4 is 15.5 Å². The monoisotopic (exact) mass is 287 g/mol. The summed E-state index contributed by atoms with van der Waals surface area (Å²) in [6.45, 7) is 3.81. The molecule has 2 rings (SSSR count). The van der Waals surface area contributed by atoms with Gasteiger partial charge < -0.3 is 4.90 Å². The molecule has 1 aliphatic rings. The van der Waals surface area contributed by atoms with Gasteiger partial charge in [0.25, 0.3) is 0 Å². The van der Waals surface area contributed by atoms with Gasteiger partial charge in [0.15, 0.2) is 0 Å². The predicted molar refractivity (Wildman–Crippen MR) is 72.6 cm³/mol. The maximum atomic E-state index is 12.7. The Balaban J connectivity index is 1.84. The summed E-state index contributed by atoms with van der Waals surface area (Å²) in [5.74, 6) is -0.277. The normalized spacial score (nSPS) is 17.7. The third kappa shape index (κ3) is 4.43. The van der Waals surface area contributed by atoms with Crippen molar-refractivity contribution in [3.8, 4) is 0 Å². The van der Waals surface area contributed by atoms with Gasteiger partial charge in [0.2, 0.25) is 5.95 Å². The van der Waals surface area contributed by atoms with Crippen LogP contribution in [0.2, 0.25) is 0 Å². The molecule has 0 aromatic carbocycles. The Labute approximate surface area is 113 Å². The molecule has 1 saturated heterocycles. The van der Waals surface area contributed by atoms with E-state index in [-0.39, 0.29) is 5.75 Å². The van der Waals surface area contributed by atoms with Gasteiger partial charge in [-0.05, 0) is 12.1 Å². The van der Waals surface area contributed by atoms with Gasteiger partial charge in [-0.15, -0.1) is 0 Å². The Hall–Kier alpha value is -1.21. The average Bonchev–Trinajstić information content (AvgIpc) is 2.37. The zero-order chi connectivity index (χ0) is 13.9. The second-order valence-electron chi connectivity index (χ2n) is 4.80. The van der Waals surface area contributed by atoms with Crippen molar-refractivity contribution in [3.63, 3.8) is 0 Å². The third-order valence-electron chi connectivity index (χ3n) is 3.23. The number of rotatable bonds is 4. The fourth-order valence-electron chi connectivity index (χ4n) is 2.08. The molecule has 19 heavy (non-hydrogen) atoms. The van der Waals surface area contributed by atoms with Gasteiger partial charge in [0, 0.05) is 39.0 Å². The maximum Gasteiger partial charge on any atom is 0.212 e. The summed E-state index contributed by atoms with van der Waals surface area (Å²) in [5, 5.41) is 0. The number of pyridine rings is 1. The van der Waals surface area contributed by atoms with Crippen molar-refractivity contribution in [2.24, 2.45) is 0 Å². The summed E-state index contributed by atoms with van der Waals surface area (Å²) in [5.41, 5.74) is 0.907. The van der Waals surface area contributed by atoms with Crippen LogP contribution in [0, 0.1) is 5.95 Å². The molecule has 1 fully saturated rings. The highest BCUT2D eigenvalue weighted by molar-refractivity contribution is 7.90. The highest BCUT2D eigenvalue weighted by atomic mass is 32.2. The number of anilines is 1. The second-order valence-corrected chi connectivity index (χ2v) is 7.06. The maximum absolute atomic E-state index is 12.7. The number of hydrogen-bond acceptors (Lipinski definition) is 5. The van der Waals surface area contributed by atoms with E-state index in [1.54, 1.807) is 6.07 Å². The SMILES string of the molecule is CS(=O)(=O)CCN1CCN(c2ccc(F)nc2)CC1. The smallest absolute Gasteiger partial charge is 0.212 e. The van der Waals surface area contributed by atoms with Gasteiger partial charge in [0.1, 0.15) is 9.84 Å². The molecule has 5 nitrogen and oxygen atoms in total. The third-order valence-corrected chi connectivity index (χ3v) is 4.15. The summed E-state index contributed by atoms with van der Waals surface area (Å²) in [7, 11) is -2.90. The number of sulfone groups is 1. The van der Waals surface area contributed by atoms with Gasteiger partial charge in [-0.1, -0.05) is 0 Å². The molecule has 0 N–H and O–H groups in total. The van der Waals surface area contributed by atoms with E-state index in [0.717, 1.165) is 31.9 Å². The van der Waals surface area contributed by atoms with E-state index in [1.165, 1.54) is 18.5 Å². The van der Waals surface area contributed by atoms with Crippen molar-refractivity contribution in [3.05, 3.63) is 24.3 Å².